The van der Waals surface area contributed by atoms with Crippen molar-refractivity contribution in [1.82, 2.24) is 9.97 Å². The Morgan fingerprint density at radius 1 is 1.17 bits per heavy atom. The summed E-state index contributed by atoms with van der Waals surface area (Å²) in [6.45, 7) is 3.73. The van der Waals surface area contributed by atoms with Gasteiger partial charge in [0.1, 0.15) is 0 Å². The summed E-state index contributed by atoms with van der Waals surface area (Å²) in [5.41, 5.74) is 2.72. The van der Waals surface area contributed by atoms with Gasteiger partial charge >= 0.3 is 0 Å². The van der Waals surface area contributed by atoms with Crippen molar-refractivity contribution in [1.29, 1.82) is 0 Å². The number of amides is 1. The second-order valence-corrected chi connectivity index (χ2v) is 7.02. The SMILES string of the molecule is C=CCSc1ccccc1NC(=O)CSc1nc2ccccc2[nH]1. The summed E-state index contributed by atoms with van der Waals surface area (Å²) < 4.78 is 0. The number of hydrogen-bond acceptors (Lipinski definition) is 4. The summed E-state index contributed by atoms with van der Waals surface area (Å²) in [6, 6.07) is 15.6. The van der Waals surface area contributed by atoms with Gasteiger partial charge in [-0.15, -0.1) is 18.3 Å². The van der Waals surface area contributed by atoms with Crippen LogP contribution in [0.2, 0.25) is 0 Å². The normalized spacial score (nSPS) is 10.7. The number of anilines is 1. The highest BCUT2D eigenvalue weighted by molar-refractivity contribution is 8.00. The highest BCUT2D eigenvalue weighted by Crippen LogP contribution is 2.27. The maximum Gasteiger partial charge on any atom is 0.234 e. The van der Waals surface area contributed by atoms with E-state index in [0.717, 1.165) is 32.5 Å². The lowest BCUT2D eigenvalue weighted by atomic mass is 10.3. The minimum absolute atomic E-state index is 0.0490. The number of H-pyrrole nitrogens is 1. The van der Waals surface area contributed by atoms with Gasteiger partial charge in [-0.2, -0.15) is 0 Å². The lowest BCUT2D eigenvalue weighted by molar-refractivity contribution is -0.113. The molecular formula is C18H17N3OS2. The molecule has 0 saturated carbocycles. The number of fused-ring (bicyclic) bond motifs is 1. The average molecular weight is 355 g/mol. The quantitative estimate of drug-likeness (QED) is 0.481. The van der Waals surface area contributed by atoms with Crippen molar-refractivity contribution in [2.24, 2.45) is 0 Å². The van der Waals surface area contributed by atoms with E-state index in [4.69, 9.17) is 0 Å². The third-order valence-electron chi connectivity index (χ3n) is 3.23. The van der Waals surface area contributed by atoms with Crippen LogP contribution >= 0.6 is 23.5 Å². The fourth-order valence-electron chi connectivity index (χ4n) is 2.16. The number of nitrogens with zero attached hydrogens (tertiary/aromatic N) is 1. The van der Waals surface area contributed by atoms with Gasteiger partial charge in [-0.25, -0.2) is 4.98 Å². The number of imidazole rings is 1. The van der Waals surface area contributed by atoms with E-state index in [9.17, 15) is 4.79 Å². The average Bonchev–Trinajstić information content (AvgIpc) is 3.02. The van der Waals surface area contributed by atoms with E-state index in [2.05, 4.69) is 21.9 Å². The van der Waals surface area contributed by atoms with Crippen molar-refractivity contribution in [2.45, 2.75) is 10.1 Å². The first kappa shape index (κ1) is 16.7. The van der Waals surface area contributed by atoms with Gasteiger partial charge in [-0.1, -0.05) is 42.1 Å². The minimum Gasteiger partial charge on any atom is -0.333 e. The predicted octanol–water partition coefficient (Wildman–Crippen LogP) is 4.57. The first-order valence-electron chi connectivity index (χ1n) is 7.46. The lowest BCUT2D eigenvalue weighted by Crippen LogP contribution is -2.14. The number of hydrogen-bond donors (Lipinski definition) is 2. The molecule has 2 aromatic carbocycles. The van der Waals surface area contributed by atoms with Crippen molar-refractivity contribution >= 4 is 46.2 Å². The van der Waals surface area contributed by atoms with Gasteiger partial charge in [-0.3, -0.25) is 4.79 Å². The molecule has 0 fully saturated rings. The van der Waals surface area contributed by atoms with Gasteiger partial charge in [0.2, 0.25) is 5.91 Å². The predicted molar refractivity (Wildman–Crippen MR) is 103 cm³/mol. The molecule has 3 aromatic rings. The minimum atomic E-state index is -0.0490. The molecule has 3 rings (SSSR count). The molecule has 1 amide bonds. The van der Waals surface area contributed by atoms with E-state index >= 15 is 0 Å². The largest absolute Gasteiger partial charge is 0.333 e. The molecule has 0 atom stereocenters. The Balaban J connectivity index is 1.60. The molecule has 0 spiro atoms. The number of aromatic nitrogens is 2. The van der Waals surface area contributed by atoms with Crippen LogP contribution in [0.25, 0.3) is 11.0 Å². The zero-order valence-corrected chi connectivity index (χ0v) is 14.6. The molecule has 0 saturated heterocycles. The number of thioether (sulfide) groups is 2. The fourth-order valence-corrected chi connectivity index (χ4v) is 3.59. The van der Waals surface area contributed by atoms with E-state index in [0.29, 0.717) is 5.75 Å². The molecule has 4 nitrogen and oxygen atoms in total. The van der Waals surface area contributed by atoms with E-state index in [-0.39, 0.29) is 5.91 Å². The number of carbonyl (C=O) groups excluding carboxylic acids is 1. The van der Waals surface area contributed by atoms with Crippen molar-refractivity contribution in [3.63, 3.8) is 0 Å². The monoisotopic (exact) mass is 355 g/mol. The van der Waals surface area contributed by atoms with Crippen molar-refractivity contribution < 1.29 is 4.79 Å². The molecule has 0 radical (unpaired) electrons. The Bertz CT molecular complexity index is 827. The maximum atomic E-state index is 12.2. The molecular weight excluding hydrogens is 338 g/mol. The summed E-state index contributed by atoms with van der Waals surface area (Å²) in [7, 11) is 0. The second kappa shape index (κ2) is 8.08. The second-order valence-electron chi connectivity index (χ2n) is 4.99. The van der Waals surface area contributed by atoms with Crippen LogP contribution in [0.15, 0.2) is 71.2 Å². The zero-order chi connectivity index (χ0) is 16.8. The standard InChI is InChI=1S/C18H17N3OS2/c1-2-11-23-16-10-6-5-9-15(16)19-17(22)12-24-18-20-13-7-3-4-8-14(13)21-18/h2-10H,1,11-12H2,(H,19,22)(H,20,21). The topological polar surface area (TPSA) is 57.8 Å². The number of carbonyl (C=O) groups is 1. The fraction of sp³-hybridized carbons (Fsp3) is 0.111. The van der Waals surface area contributed by atoms with Crippen LogP contribution in [-0.2, 0) is 4.79 Å². The molecule has 0 unspecified atom stereocenters. The summed E-state index contributed by atoms with van der Waals surface area (Å²) in [6.07, 6.45) is 1.85. The molecule has 0 aliphatic rings. The van der Waals surface area contributed by atoms with E-state index in [1.807, 2.05) is 54.6 Å². The van der Waals surface area contributed by atoms with Crippen LogP contribution in [0.4, 0.5) is 5.69 Å². The molecule has 0 bridgehead atoms. The molecule has 0 aliphatic heterocycles. The first-order valence-corrected chi connectivity index (χ1v) is 9.43. The van der Waals surface area contributed by atoms with Crippen molar-refractivity contribution in [3.05, 3.63) is 61.2 Å². The number of aromatic amines is 1. The van der Waals surface area contributed by atoms with Crippen LogP contribution < -0.4 is 5.32 Å². The van der Waals surface area contributed by atoms with Gasteiger partial charge < -0.3 is 10.3 Å². The number of nitrogens with one attached hydrogen (secondary N) is 2. The highest BCUT2D eigenvalue weighted by atomic mass is 32.2. The van der Waals surface area contributed by atoms with Gasteiger partial charge in [-0.05, 0) is 24.3 Å². The molecule has 1 aromatic heterocycles. The molecule has 122 valence electrons. The van der Waals surface area contributed by atoms with Gasteiger partial charge in [0.15, 0.2) is 5.16 Å². The first-order chi connectivity index (χ1) is 11.8. The van der Waals surface area contributed by atoms with Crippen LogP contribution in [0.1, 0.15) is 0 Å². The van der Waals surface area contributed by atoms with E-state index in [1.165, 1.54) is 11.8 Å². The Kier molecular flexibility index (Phi) is 5.61. The highest BCUT2D eigenvalue weighted by Gasteiger charge is 2.09. The Morgan fingerprint density at radius 2 is 1.96 bits per heavy atom. The Hall–Kier alpha value is -2.18. The van der Waals surface area contributed by atoms with Crippen LogP contribution in [-0.4, -0.2) is 27.4 Å². The third-order valence-corrected chi connectivity index (χ3v) is 5.17. The number of rotatable bonds is 7. The number of para-hydroxylation sites is 3. The van der Waals surface area contributed by atoms with Gasteiger partial charge in [0.25, 0.3) is 0 Å². The smallest absolute Gasteiger partial charge is 0.234 e. The summed E-state index contributed by atoms with van der Waals surface area (Å²) >= 11 is 3.04. The Labute approximate surface area is 149 Å². The van der Waals surface area contributed by atoms with Gasteiger partial charge in [0, 0.05) is 10.6 Å². The maximum absolute atomic E-state index is 12.2. The van der Waals surface area contributed by atoms with E-state index in [1.54, 1.807) is 11.8 Å². The summed E-state index contributed by atoms with van der Waals surface area (Å²) in [4.78, 5) is 20.9. The Morgan fingerprint density at radius 3 is 2.79 bits per heavy atom. The summed E-state index contributed by atoms with van der Waals surface area (Å²) in [5, 5.41) is 3.72. The van der Waals surface area contributed by atoms with Crippen LogP contribution in [0.5, 0.6) is 0 Å². The van der Waals surface area contributed by atoms with Gasteiger partial charge in [0.05, 0.1) is 22.5 Å². The molecule has 24 heavy (non-hydrogen) atoms. The summed E-state index contributed by atoms with van der Waals surface area (Å²) in [5.74, 6) is 1.06. The molecule has 6 heteroatoms. The zero-order valence-electron chi connectivity index (χ0n) is 13.0. The van der Waals surface area contributed by atoms with Crippen molar-refractivity contribution in [2.75, 3.05) is 16.8 Å². The number of benzene rings is 2. The van der Waals surface area contributed by atoms with E-state index < -0.39 is 0 Å². The van der Waals surface area contributed by atoms with Crippen molar-refractivity contribution in [3.8, 4) is 0 Å². The molecule has 0 aliphatic carbocycles. The van der Waals surface area contributed by atoms with Crippen LogP contribution in [0.3, 0.4) is 0 Å². The van der Waals surface area contributed by atoms with Crippen LogP contribution in [0, 0.1) is 0 Å². The molecule has 2 N–H and O–H groups in total. The molecule has 1 heterocycles. The third kappa shape index (κ3) is 4.21. The lowest BCUT2D eigenvalue weighted by Gasteiger charge is -2.09.